The van der Waals surface area contributed by atoms with Crippen LogP contribution in [0.25, 0.3) is 0 Å². The summed E-state index contributed by atoms with van der Waals surface area (Å²) in [6.07, 6.45) is 6.22. The minimum atomic E-state index is 0. The number of rotatable bonds is 6. The number of aryl methyl sites for hydroxylation is 1. The van der Waals surface area contributed by atoms with Crippen LogP contribution in [-0.2, 0) is 13.6 Å². The van der Waals surface area contributed by atoms with Gasteiger partial charge in [0.25, 0.3) is 0 Å². The molecule has 1 aliphatic carbocycles. The van der Waals surface area contributed by atoms with Crippen LogP contribution in [0.3, 0.4) is 0 Å². The van der Waals surface area contributed by atoms with E-state index in [2.05, 4.69) is 68.9 Å². The Hall–Kier alpha value is -0.280. The Morgan fingerprint density at radius 2 is 2.16 bits per heavy atom. The zero-order valence-electron chi connectivity index (χ0n) is 15.5. The fraction of sp³-hybridized carbons (Fsp3) is 0.722. The van der Waals surface area contributed by atoms with E-state index in [1.165, 1.54) is 38.0 Å². The highest BCUT2D eigenvalue weighted by Gasteiger charge is 2.34. The second-order valence-corrected chi connectivity index (χ2v) is 8.11. The number of guanidine groups is 1. The van der Waals surface area contributed by atoms with Gasteiger partial charge in [0.1, 0.15) is 0 Å². The van der Waals surface area contributed by atoms with Gasteiger partial charge in [0.05, 0.1) is 6.54 Å². The summed E-state index contributed by atoms with van der Waals surface area (Å²) in [5.74, 6) is 1.73. The normalized spacial score (nSPS) is 21.3. The van der Waals surface area contributed by atoms with Gasteiger partial charge in [-0.05, 0) is 60.6 Å². The maximum atomic E-state index is 4.93. The van der Waals surface area contributed by atoms with Gasteiger partial charge < -0.3 is 19.7 Å². The molecule has 1 aliphatic heterocycles. The van der Waals surface area contributed by atoms with Crippen LogP contribution in [0.4, 0.5) is 0 Å². The van der Waals surface area contributed by atoms with Crippen LogP contribution in [0.2, 0.25) is 0 Å². The number of likely N-dealkylation sites (tertiary alicyclic amines) is 1. The molecule has 0 bridgehead atoms. The molecule has 1 N–H and O–H groups in total. The Morgan fingerprint density at radius 1 is 1.40 bits per heavy atom. The number of aromatic nitrogens is 1. The molecule has 5 nitrogen and oxygen atoms in total. The quantitative estimate of drug-likeness (QED) is 0.353. The van der Waals surface area contributed by atoms with Gasteiger partial charge in [-0.1, -0.05) is 0 Å². The minimum absolute atomic E-state index is 0. The molecule has 7 heteroatoms. The number of hydrogen-bond acceptors (Lipinski definition) is 2. The first-order chi connectivity index (χ1) is 11.6. The molecule has 142 valence electrons. The zero-order valence-corrected chi connectivity index (χ0v) is 19.5. The fourth-order valence-electron chi connectivity index (χ4n) is 3.51. The maximum Gasteiger partial charge on any atom is 0.194 e. The van der Waals surface area contributed by atoms with Crippen LogP contribution in [0, 0.1) is 5.92 Å². The first-order valence-corrected chi connectivity index (χ1v) is 9.90. The van der Waals surface area contributed by atoms with E-state index in [0.29, 0.717) is 0 Å². The molecule has 2 heterocycles. The SMILES string of the molecule is CCNC(=NCC1CCN(C2CC2)C1)N(C)Cc1cc(Br)cn1C.I. The maximum absolute atomic E-state index is 4.93. The minimum Gasteiger partial charge on any atom is -0.357 e. The van der Waals surface area contributed by atoms with Crippen molar-refractivity contribution in [1.29, 1.82) is 0 Å². The van der Waals surface area contributed by atoms with E-state index in [-0.39, 0.29) is 24.0 Å². The molecule has 2 aliphatic rings. The molecule has 1 aromatic rings. The molecule has 25 heavy (non-hydrogen) atoms. The van der Waals surface area contributed by atoms with Crippen molar-refractivity contribution in [3.8, 4) is 0 Å². The molecule has 0 amide bonds. The van der Waals surface area contributed by atoms with Crippen LogP contribution in [0.15, 0.2) is 21.7 Å². The van der Waals surface area contributed by atoms with Crippen molar-refractivity contribution in [2.45, 2.75) is 38.8 Å². The van der Waals surface area contributed by atoms with E-state index in [4.69, 9.17) is 4.99 Å². The van der Waals surface area contributed by atoms with Crippen LogP contribution in [-0.4, -0.2) is 59.6 Å². The molecule has 1 unspecified atom stereocenters. The number of halogens is 2. The summed E-state index contributed by atoms with van der Waals surface area (Å²) in [5, 5.41) is 3.44. The highest BCUT2D eigenvalue weighted by Crippen LogP contribution is 2.31. The molecule has 0 aromatic carbocycles. The lowest BCUT2D eigenvalue weighted by Crippen LogP contribution is -2.39. The van der Waals surface area contributed by atoms with E-state index >= 15 is 0 Å². The molecule has 0 spiro atoms. The molecule has 1 saturated carbocycles. The van der Waals surface area contributed by atoms with Gasteiger partial charge in [-0.2, -0.15) is 0 Å². The highest BCUT2D eigenvalue weighted by molar-refractivity contribution is 14.0. The summed E-state index contributed by atoms with van der Waals surface area (Å²) in [5.41, 5.74) is 1.27. The van der Waals surface area contributed by atoms with Crippen molar-refractivity contribution in [2.24, 2.45) is 18.0 Å². The van der Waals surface area contributed by atoms with Crippen LogP contribution in [0.1, 0.15) is 31.9 Å². The fourth-order valence-corrected chi connectivity index (χ4v) is 4.08. The van der Waals surface area contributed by atoms with Crippen molar-refractivity contribution < 1.29 is 0 Å². The number of hydrogen-bond donors (Lipinski definition) is 1. The van der Waals surface area contributed by atoms with E-state index in [0.717, 1.165) is 42.0 Å². The Bertz CT molecular complexity index is 584. The van der Waals surface area contributed by atoms with Gasteiger partial charge >= 0.3 is 0 Å². The third-order valence-electron chi connectivity index (χ3n) is 5.05. The number of aliphatic imine (C=N–C) groups is 1. The van der Waals surface area contributed by atoms with Gasteiger partial charge in [0.2, 0.25) is 0 Å². The highest BCUT2D eigenvalue weighted by atomic mass is 127. The van der Waals surface area contributed by atoms with Crippen molar-refractivity contribution in [3.05, 3.63) is 22.4 Å². The Balaban J connectivity index is 0.00000225. The molecule has 2 fully saturated rings. The van der Waals surface area contributed by atoms with Crippen molar-refractivity contribution in [2.75, 3.05) is 33.2 Å². The average Bonchev–Trinajstić information content (AvgIpc) is 3.20. The van der Waals surface area contributed by atoms with Gasteiger partial charge in [-0.3, -0.25) is 4.99 Å². The standard InChI is InChI=1S/C18H30BrN5.HI/c1-4-20-18(23(3)13-17-9-15(19)12-22(17)2)21-10-14-7-8-24(11-14)16-5-6-16;/h9,12,14,16H,4-8,10-11,13H2,1-3H3,(H,20,21);1H. The lowest BCUT2D eigenvalue weighted by atomic mass is 10.1. The first-order valence-electron chi connectivity index (χ1n) is 9.11. The molecule has 1 atom stereocenters. The second kappa shape index (κ2) is 9.60. The summed E-state index contributed by atoms with van der Waals surface area (Å²) in [6, 6.07) is 3.07. The molecular formula is C18H31BrIN5. The van der Waals surface area contributed by atoms with E-state index in [9.17, 15) is 0 Å². The van der Waals surface area contributed by atoms with Gasteiger partial charge in [0.15, 0.2) is 5.96 Å². The van der Waals surface area contributed by atoms with Crippen LogP contribution >= 0.6 is 39.9 Å². The smallest absolute Gasteiger partial charge is 0.194 e. The lowest BCUT2D eigenvalue weighted by Gasteiger charge is -2.23. The second-order valence-electron chi connectivity index (χ2n) is 7.19. The van der Waals surface area contributed by atoms with Gasteiger partial charge in [0, 0.05) is 56.1 Å². The van der Waals surface area contributed by atoms with Gasteiger partial charge in [-0.25, -0.2) is 0 Å². The van der Waals surface area contributed by atoms with Crippen molar-refractivity contribution in [1.82, 2.24) is 19.7 Å². The Morgan fingerprint density at radius 3 is 2.76 bits per heavy atom. The molecule has 0 radical (unpaired) electrons. The topological polar surface area (TPSA) is 35.8 Å². The monoisotopic (exact) mass is 523 g/mol. The summed E-state index contributed by atoms with van der Waals surface area (Å²) >= 11 is 3.55. The number of nitrogens with one attached hydrogen (secondary N) is 1. The third kappa shape index (κ3) is 5.85. The van der Waals surface area contributed by atoms with E-state index < -0.39 is 0 Å². The molecular weight excluding hydrogens is 493 g/mol. The summed E-state index contributed by atoms with van der Waals surface area (Å²) in [4.78, 5) is 9.81. The van der Waals surface area contributed by atoms with E-state index in [1.54, 1.807) is 0 Å². The lowest BCUT2D eigenvalue weighted by molar-refractivity contribution is 0.315. The summed E-state index contributed by atoms with van der Waals surface area (Å²) in [6.45, 7) is 7.34. The predicted molar refractivity (Wildman–Crippen MR) is 119 cm³/mol. The van der Waals surface area contributed by atoms with Crippen molar-refractivity contribution >= 4 is 45.9 Å². The van der Waals surface area contributed by atoms with E-state index in [1.807, 2.05) is 0 Å². The Labute approximate surface area is 177 Å². The summed E-state index contributed by atoms with van der Waals surface area (Å²) in [7, 11) is 4.20. The summed E-state index contributed by atoms with van der Waals surface area (Å²) < 4.78 is 3.29. The predicted octanol–water partition coefficient (Wildman–Crippen LogP) is 3.29. The van der Waals surface area contributed by atoms with Gasteiger partial charge in [-0.15, -0.1) is 24.0 Å². The zero-order chi connectivity index (χ0) is 17.1. The molecule has 1 saturated heterocycles. The third-order valence-corrected chi connectivity index (χ3v) is 5.48. The Kier molecular flexibility index (Phi) is 8.07. The van der Waals surface area contributed by atoms with Crippen LogP contribution in [0.5, 0.6) is 0 Å². The number of nitrogens with zero attached hydrogens (tertiary/aromatic N) is 4. The average molecular weight is 524 g/mol. The first kappa shape index (κ1) is 21.0. The molecule has 3 rings (SSSR count). The van der Waals surface area contributed by atoms with Crippen LogP contribution < -0.4 is 5.32 Å². The molecule has 1 aromatic heterocycles. The largest absolute Gasteiger partial charge is 0.357 e. The van der Waals surface area contributed by atoms with Crippen molar-refractivity contribution in [3.63, 3.8) is 0 Å².